The molecule has 3 saturated heterocycles. The zero-order valence-corrected chi connectivity index (χ0v) is 16.3. The summed E-state index contributed by atoms with van der Waals surface area (Å²) in [6.45, 7) is 4.63. The zero-order valence-electron chi connectivity index (χ0n) is 16.3. The van der Waals surface area contributed by atoms with E-state index in [1.807, 2.05) is 28.0 Å². The van der Waals surface area contributed by atoms with Crippen molar-refractivity contribution < 1.29 is 19.1 Å². The van der Waals surface area contributed by atoms with Gasteiger partial charge in [-0.3, -0.25) is 9.59 Å². The molecule has 1 aliphatic carbocycles. The summed E-state index contributed by atoms with van der Waals surface area (Å²) in [7, 11) is 0. The molecule has 4 aliphatic rings. The number of ether oxygens (including phenoxy) is 2. The highest BCUT2D eigenvalue weighted by Crippen LogP contribution is 2.51. The number of hydrogen-bond donors (Lipinski definition) is 0. The SMILES string of the molecule is O=C(CC1COC2(C1)CN(C(=O)C1(c3ccccc3)CC1)C2)N1CCOCC1. The number of morpholine rings is 1. The van der Waals surface area contributed by atoms with Gasteiger partial charge in [-0.25, -0.2) is 0 Å². The fraction of sp³-hybridized carbons (Fsp3) is 0.636. The number of carbonyl (C=O) groups is 2. The van der Waals surface area contributed by atoms with Crippen LogP contribution in [0.25, 0.3) is 0 Å². The van der Waals surface area contributed by atoms with Crippen LogP contribution in [0.4, 0.5) is 0 Å². The first-order valence-corrected chi connectivity index (χ1v) is 10.4. The maximum absolute atomic E-state index is 13.1. The summed E-state index contributed by atoms with van der Waals surface area (Å²) in [6, 6.07) is 10.2. The summed E-state index contributed by atoms with van der Waals surface area (Å²) in [6.07, 6.45) is 3.31. The van der Waals surface area contributed by atoms with Gasteiger partial charge in [0.05, 0.1) is 38.3 Å². The van der Waals surface area contributed by atoms with Gasteiger partial charge in [0.1, 0.15) is 5.60 Å². The number of rotatable bonds is 4. The van der Waals surface area contributed by atoms with E-state index in [1.54, 1.807) is 0 Å². The number of hydrogen-bond acceptors (Lipinski definition) is 4. The lowest BCUT2D eigenvalue weighted by Gasteiger charge is -2.48. The van der Waals surface area contributed by atoms with Crippen molar-refractivity contribution in [3.05, 3.63) is 35.9 Å². The molecule has 1 aromatic rings. The molecule has 2 amide bonds. The summed E-state index contributed by atoms with van der Waals surface area (Å²) in [5.41, 5.74) is 0.619. The molecule has 3 heterocycles. The van der Waals surface area contributed by atoms with E-state index in [0.717, 1.165) is 24.8 Å². The van der Waals surface area contributed by atoms with E-state index in [4.69, 9.17) is 9.47 Å². The third kappa shape index (κ3) is 3.12. The summed E-state index contributed by atoms with van der Waals surface area (Å²) >= 11 is 0. The van der Waals surface area contributed by atoms with Gasteiger partial charge in [0.2, 0.25) is 11.8 Å². The molecule has 6 heteroatoms. The Kier molecular flexibility index (Phi) is 4.43. The number of likely N-dealkylation sites (tertiary alicyclic amines) is 1. The quantitative estimate of drug-likeness (QED) is 0.791. The minimum Gasteiger partial charge on any atom is -0.378 e. The van der Waals surface area contributed by atoms with Gasteiger partial charge in [-0.05, 0) is 30.7 Å². The molecule has 1 saturated carbocycles. The van der Waals surface area contributed by atoms with Crippen molar-refractivity contribution in [3.8, 4) is 0 Å². The fourth-order valence-corrected chi connectivity index (χ4v) is 5.08. The van der Waals surface area contributed by atoms with Crippen LogP contribution in [0.15, 0.2) is 30.3 Å². The fourth-order valence-electron chi connectivity index (χ4n) is 5.08. The minimum atomic E-state index is -0.298. The van der Waals surface area contributed by atoms with E-state index < -0.39 is 0 Å². The smallest absolute Gasteiger partial charge is 0.233 e. The molecule has 0 N–H and O–H groups in total. The largest absolute Gasteiger partial charge is 0.378 e. The molecule has 0 bridgehead atoms. The van der Waals surface area contributed by atoms with Gasteiger partial charge in [-0.1, -0.05) is 30.3 Å². The van der Waals surface area contributed by atoms with Gasteiger partial charge >= 0.3 is 0 Å². The molecule has 5 rings (SSSR count). The maximum Gasteiger partial charge on any atom is 0.233 e. The van der Waals surface area contributed by atoms with Crippen molar-refractivity contribution >= 4 is 11.8 Å². The Hall–Kier alpha value is -1.92. The third-order valence-electron chi connectivity index (χ3n) is 6.84. The Morgan fingerprint density at radius 3 is 2.43 bits per heavy atom. The predicted molar refractivity (Wildman–Crippen MR) is 103 cm³/mol. The second kappa shape index (κ2) is 6.85. The number of nitrogens with zero attached hydrogens (tertiary/aromatic N) is 2. The van der Waals surface area contributed by atoms with Crippen LogP contribution < -0.4 is 0 Å². The standard InChI is InChI=1S/C22H28N2O4/c25-19(23-8-10-27-11-9-23)12-17-13-21(28-14-17)15-24(16-21)20(26)22(6-7-22)18-4-2-1-3-5-18/h1-5,17H,6-16H2. The zero-order chi connectivity index (χ0) is 19.2. The molecule has 3 aliphatic heterocycles. The van der Waals surface area contributed by atoms with Gasteiger partial charge in [0.15, 0.2) is 0 Å². The Balaban J connectivity index is 1.15. The Labute approximate surface area is 165 Å². The van der Waals surface area contributed by atoms with Crippen LogP contribution in [-0.2, 0) is 24.5 Å². The summed E-state index contributed by atoms with van der Waals surface area (Å²) in [5.74, 6) is 0.722. The Bertz CT molecular complexity index is 749. The topological polar surface area (TPSA) is 59.1 Å². The molecule has 0 aromatic heterocycles. The molecular formula is C22H28N2O4. The van der Waals surface area contributed by atoms with Gasteiger partial charge < -0.3 is 19.3 Å². The summed E-state index contributed by atoms with van der Waals surface area (Å²) in [4.78, 5) is 29.5. The van der Waals surface area contributed by atoms with Crippen LogP contribution >= 0.6 is 0 Å². The van der Waals surface area contributed by atoms with E-state index >= 15 is 0 Å². The molecule has 6 nitrogen and oxygen atoms in total. The average molecular weight is 384 g/mol. The van der Waals surface area contributed by atoms with Gasteiger partial charge in [0.25, 0.3) is 0 Å². The molecule has 4 fully saturated rings. The Morgan fingerprint density at radius 2 is 1.75 bits per heavy atom. The van der Waals surface area contributed by atoms with Crippen molar-refractivity contribution in [3.63, 3.8) is 0 Å². The van der Waals surface area contributed by atoms with Crippen molar-refractivity contribution in [1.82, 2.24) is 9.80 Å². The average Bonchev–Trinajstić information content (AvgIpc) is 3.42. The van der Waals surface area contributed by atoms with Crippen LogP contribution in [0.5, 0.6) is 0 Å². The van der Waals surface area contributed by atoms with Crippen LogP contribution in [0.2, 0.25) is 0 Å². The minimum absolute atomic E-state index is 0.210. The second-order valence-corrected chi connectivity index (χ2v) is 8.87. The molecule has 28 heavy (non-hydrogen) atoms. The lowest BCUT2D eigenvalue weighted by atomic mass is 9.83. The van der Waals surface area contributed by atoms with E-state index in [-0.39, 0.29) is 28.7 Å². The lowest BCUT2D eigenvalue weighted by Crippen LogP contribution is -2.65. The monoisotopic (exact) mass is 384 g/mol. The molecule has 150 valence electrons. The van der Waals surface area contributed by atoms with Crippen molar-refractivity contribution in [2.75, 3.05) is 46.0 Å². The first kappa shape index (κ1) is 18.1. The summed E-state index contributed by atoms with van der Waals surface area (Å²) in [5, 5.41) is 0. The van der Waals surface area contributed by atoms with E-state index in [9.17, 15) is 9.59 Å². The van der Waals surface area contributed by atoms with Crippen LogP contribution in [0.3, 0.4) is 0 Å². The number of benzene rings is 1. The number of amides is 2. The van der Waals surface area contributed by atoms with Gasteiger partial charge in [0, 0.05) is 19.5 Å². The molecule has 1 atom stereocenters. The van der Waals surface area contributed by atoms with Crippen LogP contribution in [-0.4, -0.2) is 73.2 Å². The van der Waals surface area contributed by atoms with E-state index in [2.05, 4.69) is 12.1 Å². The molecule has 1 aromatic carbocycles. The van der Waals surface area contributed by atoms with Crippen LogP contribution in [0, 0.1) is 5.92 Å². The van der Waals surface area contributed by atoms with E-state index in [1.165, 1.54) is 0 Å². The van der Waals surface area contributed by atoms with Crippen molar-refractivity contribution in [1.29, 1.82) is 0 Å². The normalized spacial score (nSPS) is 27.5. The highest BCUT2D eigenvalue weighted by molar-refractivity contribution is 5.92. The molecule has 0 radical (unpaired) electrons. The third-order valence-corrected chi connectivity index (χ3v) is 6.84. The second-order valence-electron chi connectivity index (χ2n) is 8.87. The highest BCUT2D eigenvalue weighted by Gasteiger charge is 2.59. The number of carbonyl (C=O) groups excluding carboxylic acids is 2. The Morgan fingerprint density at radius 1 is 1.04 bits per heavy atom. The first-order chi connectivity index (χ1) is 13.6. The summed E-state index contributed by atoms with van der Waals surface area (Å²) < 4.78 is 11.4. The predicted octanol–water partition coefficient (Wildman–Crippen LogP) is 1.58. The highest BCUT2D eigenvalue weighted by atomic mass is 16.5. The van der Waals surface area contributed by atoms with Gasteiger partial charge in [-0.15, -0.1) is 0 Å². The van der Waals surface area contributed by atoms with Crippen molar-refractivity contribution in [2.45, 2.75) is 36.7 Å². The molecule has 1 spiro atoms. The molecular weight excluding hydrogens is 356 g/mol. The van der Waals surface area contributed by atoms with Crippen molar-refractivity contribution in [2.24, 2.45) is 5.92 Å². The lowest BCUT2D eigenvalue weighted by molar-refractivity contribution is -0.160. The van der Waals surface area contributed by atoms with Gasteiger partial charge in [-0.2, -0.15) is 0 Å². The molecule has 1 unspecified atom stereocenters. The van der Waals surface area contributed by atoms with Crippen LogP contribution in [0.1, 0.15) is 31.2 Å². The first-order valence-electron chi connectivity index (χ1n) is 10.4. The van der Waals surface area contributed by atoms with E-state index in [0.29, 0.717) is 52.4 Å². The maximum atomic E-state index is 13.1.